The highest BCUT2D eigenvalue weighted by molar-refractivity contribution is 5.91. The van der Waals surface area contributed by atoms with Gasteiger partial charge in [0.15, 0.2) is 5.60 Å². The molecule has 0 amide bonds. The third-order valence-electron chi connectivity index (χ3n) is 10.1. The summed E-state index contributed by atoms with van der Waals surface area (Å²) in [6.45, 7) is 11.5. The van der Waals surface area contributed by atoms with Gasteiger partial charge < -0.3 is 18.6 Å². The molecule has 1 aromatic heterocycles. The predicted octanol–water partition coefficient (Wildman–Crippen LogP) is 9.72. The van der Waals surface area contributed by atoms with Crippen molar-refractivity contribution in [2.75, 3.05) is 13.2 Å². The number of rotatable bonds is 13. The van der Waals surface area contributed by atoms with Crippen LogP contribution in [-0.2, 0) is 43.2 Å². The van der Waals surface area contributed by atoms with Crippen LogP contribution in [0.3, 0.4) is 0 Å². The van der Waals surface area contributed by atoms with Gasteiger partial charge in [-0.15, -0.1) is 0 Å². The molecule has 2 heterocycles. The summed E-state index contributed by atoms with van der Waals surface area (Å²) in [5.74, 6) is 8.02. The summed E-state index contributed by atoms with van der Waals surface area (Å²) in [4.78, 5) is 26.9. The lowest BCUT2D eigenvalue weighted by Crippen LogP contribution is -2.41. The molecule has 1 aliphatic carbocycles. The molecule has 1 saturated heterocycles. The molecule has 6 nitrogen and oxygen atoms in total. The molecule has 0 saturated carbocycles. The zero-order valence-corrected chi connectivity index (χ0v) is 31.3. The fourth-order valence-corrected chi connectivity index (χ4v) is 7.60. The minimum Gasteiger partial charge on any atom is -0.461 e. The Hall–Kier alpha value is -4.60. The number of carbonyl (C=O) groups excluding carboxylic acids is 2. The fourth-order valence-electron chi connectivity index (χ4n) is 7.60. The predicted molar refractivity (Wildman–Crippen MR) is 204 cm³/mol. The SMILES string of the molecule is Cc1ccc(C#Cc2ccc3oc4c(c3c2)CC[C@H](C(=O)OC[C@]2(COCc3ccccc3)C/C(=C\CC(CC(C)C)CC(C)C)C(=O)O2)C4)cc1. The lowest BCUT2D eigenvalue weighted by molar-refractivity contribution is -0.171. The van der Waals surface area contributed by atoms with Gasteiger partial charge in [0.1, 0.15) is 18.0 Å². The van der Waals surface area contributed by atoms with Gasteiger partial charge in [-0.05, 0) is 92.7 Å². The molecular formula is C46H52O6. The van der Waals surface area contributed by atoms with Crippen molar-refractivity contribution in [1.82, 2.24) is 0 Å². The topological polar surface area (TPSA) is 75.0 Å². The van der Waals surface area contributed by atoms with Crippen LogP contribution in [0.2, 0.25) is 0 Å². The van der Waals surface area contributed by atoms with E-state index in [0.717, 1.165) is 58.2 Å². The van der Waals surface area contributed by atoms with Gasteiger partial charge in [-0.1, -0.05) is 93.6 Å². The lowest BCUT2D eigenvalue weighted by atomic mass is 9.86. The summed E-state index contributed by atoms with van der Waals surface area (Å²) >= 11 is 0. The maximum Gasteiger partial charge on any atom is 0.334 e. The molecule has 0 N–H and O–H groups in total. The van der Waals surface area contributed by atoms with Crippen LogP contribution < -0.4 is 0 Å². The number of cyclic esters (lactones) is 1. The van der Waals surface area contributed by atoms with Gasteiger partial charge in [0, 0.05) is 40.5 Å². The van der Waals surface area contributed by atoms with Gasteiger partial charge >= 0.3 is 11.9 Å². The molecule has 2 atom stereocenters. The zero-order chi connectivity index (χ0) is 36.7. The summed E-state index contributed by atoms with van der Waals surface area (Å²) in [5.41, 5.74) is 5.63. The molecule has 52 heavy (non-hydrogen) atoms. The molecular weight excluding hydrogens is 649 g/mol. The van der Waals surface area contributed by atoms with E-state index in [-0.39, 0.29) is 31.1 Å². The Morgan fingerprint density at radius 2 is 1.65 bits per heavy atom. The van der Waals surface area contributed by atoms with E-state index in [9.17, 15) is 9.59 Å². The molecule has 4 aromatic rings. The van der Waals surface area contributed by atoms with Gasteiger partial charge in [0.25, 0.3) is 0 Å². The summed E-state index contributed by atoms with van der Waals surface area (Å²) < 4.78 is 24.5. The number of furan rings is 1. The Balaban J connectivity index is 1.12. The van der Waals surface area contributed by atoms with Crippen molar-refractivity contribution in [2.45, 2.75) is 91.8 Å². The van der Waals surface area contributed by atoms with Gasteiger partial charge in [0.2, 0.25) is 0 Å². The Labute approximate surface area is 308 Å². The van der Waals surface area contributed by atoms with E-state index in [4.69, 9.17) is 18.6 Å². The summed E-state index contributed by atoms with van der Waals surface area (Å²) in [6, 6.07) is 24.1. The van der Waals surface area contributed by atoms with Crippen LogP contribution in [-0.4, -0.2) is 30.8 Å². The van der Waals surface area contributed by atoms with Crippen LogP contribution in [0.25, 0.3) is 11.0 Å². The average Bonchev–Trinajstić information content (AvgIpc) is 3.65. The van der Waals surface area contributed by atoms with E-state index in [2.05, 4.69) is 70.7 Å². The first-order valence-corrected chi connectivity index (χ1v) is 18.9. The van der Waals surface area contributed by atoms with E-state index >= 15 is 0 Å². The van der Waals surface area contributed by atoms with Crippen LogP contribution in [0.4, 0.5) is 0 Å². The summed E-state index contributed by atoms with van der Waals surface area (Å²) in [6.07, 6.45) is 7.26. The molecule has 2 aliphatic rings. The van der Waals surface area contributed by atoms with E-state index in [1.54, 1.807) is 0 Å². The van der Waals surface area contributed by atoms with Crippen LogP contribution >= 0.6 is 0 Å². The van der Waals surface area contributed by atoms with Crippen LogP contribution in [0.15, 0.2) is 88.9 Å². The molecule has 1 fully saturated rings. The number of hydrogen-bond acceptors (Lipinski definition) is 6. The molecule has 0 unspecified atom stereocenters. The first-order valence-electron chi connectivity index (χ1n) is 18.9. The number of ether oxygens (including phenoxy) is 3. The normalized spacial score (nSPS) is 19.3. The molecule has 0 spiro atoms. The molecule has 0 radical (unpaired) electrons. The van der Waals surface area contributed by atoms with Gasteiger partial charge in [-0.2, -0.15) is 0 Å². The first-order chi connectivity index (χ1) is 25.1. The number of fused-ring (bicyclic) bond motifs is 3. The maximum absolute atomic E-state index is 13.6. The smallest absolute Gasteiger partial charge is 0.334 e. The van der Waals surface area contributed by atoms with Crippen molar-refractivity contribution in [2.24, 2.45) is 23.7 Å². The quantitative estimate of drug-likeness (QED) is 0.0786. The van der Waals surface area contributed by atoms with Crippen molar-refractivity contribution >= 4 is 22.9 Å². The maximum atomic E-state index is 13.6. The Bertz CT molecular complexity index is 1930. The molecule has 272 valence electrons. The summed E-state index contributed by atoms with van der Waals surface area (Å²) in [5, 5.41) is 1.05. The zero-order valence-electron chi connectivity index (χ0n) is 31.3. The Morgan fingerprint density at radius 3 is 2.38 bits per heavy atom. The van der Waals surface area contributed by atoms with Gasteiger partial charge in [0.05, 0.1) is 19.1 Å². The second-order valence-electron chi connectivity index (χ2n) is 15.7. The number of allylic oxidation sites excluding steroid dienone is 1. The third-order valence-corrected chi connectivity index (χ3v) is 10.1. The first kappa shape index (κ1) is 37.2. The standard InChI is InChI=1S/C46H52O6/c1-31(2)23-37(24-32(3)4)17-19-39-27-46(52-45(39)48,29-49-28-36-9-7-6-8-10-36)30-50-44(47)38-20-21-40-41-25-35(18-22-42(41)51-43(40)26-38)16-15-34-13-11-33(5)12-14-34/h6-14,18-19,22,25,31-32,37-38H,17,20-21,23-24,26-30H2,1-5H3/b39-19+/t38-,46+/m0/s1. The largest absolute Gasteiger partial charge is 0.461 e. The van der Waals surface area contributed by atoms with E-state index in [1.165, 1.54) is 5.56 Å². The number of aryl methyl sites for hydroxylation is 2. The highest BCUT2D eigenvalue weighted by Crippen LogP contribution is 2.37. The minimum atomic E-state index is -1.08. The minimum absolute atomic E-state index is 0.0579. The van der Waals surface area contributed by atoms with Crippen molar-refractivity contribution in [3.05, 3.63) is 118 Å². The van der Waals surface area contributed by atoms with E-state index < -0.39 is 5.60 Å². The Kier molecular flexibility index (Phi) is 12.0. The van der Waals surface area contributed by atoms with Crippen molar-refractivity contribution in [3.8, 4) is 11.8 Å². The van der Waals surface area contributed by atoms with Crippen molar-refractivity contribution in [1.29, 1.82) is 0 Å². The number of esters is 2. The summed E-state index contributed by atoms with van der Waals surface area (Å²) in [7, 11) is 0. The van der Waals surface area contributed by atoms with Gasteiger partial charge in [-0.3, -0.25) is 4.79 Å². The van der Waals surface area contributed by atoms with E-state index in [1.807, 2.05) is 54.6 Å². The average molecular weight is 701 g/mol. The third kappa shape index (κ3) is 9.63. The highest BCUT2D eigenvalue weighted by Gasteiger charge is 2.46. The highest BCUT2D eigenvalue weighted by atomic mass is 16.6. The van der Waals surface area contributed by atoms with Crippen molar-refractivity contribution in [3.63, 3.8) is 0 Å². The number of benzene rings is 3. The van der Waals surface area contributed by atoms with E-state index in [0.29, 0.717) is 55.6 Å². The number of carbonyl (C=O) groups is 2. The molecule has 3 aromatic carbocycles. The van der Waals surface area contributed by atoms with Crippen LogP contribution in [0.1, 0.15) is 93.4 Å². The Morgan fingerprint density at radius 1 is 0.942 bits per heavy atom. The molecule has 0 bridgehead atoms. The molecule has 1 aliphatic heterocycles. The van der Waals surface area contributed by atoms with Crippen LogP contribution in [0, 0.1) is 42.4 Å². The lowest BCUT2D eigenvalue weighted by Gasteiger charge is -2.28. The molecule has 6 heteroatoms. The van der Waals surface area contributed by atoms with Gasteiger partial charge in [-0.25, -0.2) is 4.79 Å². The molecule has 6 rings (SSSR count). The monoisotopic (exact) mass is 700 g/mol. The fraction of sp³-hybridized carbons (Fsp3) is 0.435. The second-order valence-corrected chi connectivity index (χ2v) is 15.7. The number of hydrogen-bond donors (Lipinski definition) is 0. The van der Waals surface area contributed by atoms with Crippen LogP contribution in [0.5, 0.6) is 0 Å². The van der Waals surface area contributed by atoms with Crippen molar-refractivity contribution < 1.29 is 28.2 Å². The second kappa shape index (κ2) is 16.8.